The Balaban J connectivity index is 2.15. The summed E-state index contributed by atoms with van der Waals surface area (Å²) in [5.74, 6) is 0.733. The van der Waals surface area contributed by atoms with E-state index >= 15 is 0 Å². The fraction of sp³-hybridized carbons (Fsp3) is 0.368. The van der Waals surface area contributed by atoms with Crippen LogP contribution in [0, 0.1) is 6.92 Å². The van der Waals surface area contributed by atoms with E-state index in [4.69, 9.17) is 9.84 Å². The number of hydrogen-bond donors (Lipinski definition) is 2. The molecule has 0 saturated heterocycles. The molecule has 3 heteroatoms. The van der Waals surface area contributed by atoms with Gasteiger partial charge in [-0.3, -0.25) is 0 Å². The van der Waals surface area contributed by atoms with Gasteiger partial charge in [-0.1, -0.05) is 35.9 Å². The van der Waals surface area contributed by atoms with Crippen LogP contribution in [0.5, 0.6) is 11.5 Å². The maximum Gasteiger partial charge on any atom is 0.161 e. The number of methoxy groups -OCH3 is 1. The minimum absolute atomic E-state index is 0.169. The molecular weight excluding hydrogens is 276 g/mol. The first-order valence-corrected chi connectivity index (χ1v) is 7.69. The molecule has 0 atom stereocenters. The van der Waals surface area contributed by atoms with Gasteiger partial charge >= 0.3 is 0 Å². The lowest BCUT2D eigenvalue weighted by atomic mass is 9.99. The van der Waals surface area contributed by atoms with E-state index in [1.165, 1.54) is 11.1 Å². The molecule has 0 amide bonds. The highest BCUT2D eigenvalue weighted by Crippen LogP contribution is 2.32. The Labute approximate surface area is 132 Å². The van der Waals surface area contributed by atoms with Gasteiger partial charge in [0.2, 0.25) is 0 Å². The minimum atomic E-state index is 0.169. The number of hydrogen-bond acceptors (Lipinski definition) is 3. The number of phenolic OH excluding ortho intramolecular Hbond substituents is 1. The van der Waals surface area contributed by atoms with Gasteiger partial charge in [-0.25, -0.2) is 0 Å². The summed E-state index contributed by atoms with van der Waals surface area (Å²) in [5.41, 5.74) is 4.49. The molecule has 0 aliphatic carbocycles. The van der Waals surface area contributed by atoms with Crippen LogP contribution >= 0.6 is 0 Å². The molecule has 118 valence electrons. The van der Waals surface area contributed by atoms with Gasteiger partial charge in [0.1, 0.15) is 0 Å². The Morgan fingerprint density at radius 1 is 0.955 bits per heavy atom. The third-order valence-corrected chi connectivity index (χ3v) is 3.86. The van der Waals surface area contributed by atoms with E-state index < -0.39 is 0 Å². The van der Waals surface area contributed by atoms with E-state index in [2.05, 4.69) is 31.2 Å². The van der Waals surface area contributed by atoms with E-state index in [9.17, 15) is 5.11 Å². The number of benzene rings is 2. The predicted octanol–water partition coefficient (Wildman–Crippen LogP) is 3.42. The van der Waals surface area contributed by atoms with Gasteiger partial charge in [0.15, 0.2) is 11.5 Å². The molecular formula is C19H24O3. The maximum atomic E-state index is 10.3. The second kappa shape index (κ2) is 7.85. The number of aliphatic hydroxyl groups excluding tert-OH is 1. The number of phenols is 1. The lowest BCUT2D eigenvalue weighted by Gasteiger charge is -2.12. The van der Waals surface area contributed by atoms with Crippen molar-refractivity contribution < 1.29 is 14.9 Å². The van der Waals surface area contributed by atoms with Gasteiger partial charge in [-0.15, -0.1) is 0 Å². The van der Waals surface area contributed by atoms with E-state index in [0.717, 1.165) is 30.4 Å². The van der Waals surface area contributed by atoms with Crippen LogP contribution in [0.1, 0.15) is 28.7 Å². The number of aryl methyl sites for hydroxylation is 4. The highest BCUT2D eigenvalue weighted by molar-refractivity contribution is 5.49. The smallest absolute Gasteiger partial charge is 0.161 e. The average molecular weight is 300 g/mol. The van der Waals surface area contributed by atoms with Crippen LogP contribution in [0.25, 0.3) is 0 Å². The SMILES string of the molecule is COc1cc(CCCO)cc(CCc2ccc(C)cc2)c1O. The molecule has 0 unspecified atom stereocenters. The molecule has 2 rings (SSSR count). The van der Waals surface area contributed by atoms with Gasteiger partial charge in [-0.2, -0.15) is 0 Å². The molecule has 0 fully saturated rings. The normalized spacial score (nSPS) is 10.7. The number of ether oxygens (including phenoxy) is 1. The summed E-state index contributed by atoms with van der Waals surface area (Å²) in [5, 5.41) is 19.3. The summed E-state index contributed by atoms with van der Waals surface area (Å²) in [7, 11) is 1.56. The minimum Gasteiger partial charge on any atom is -0.504 e. The van der Waals surface area contributed by atoms with Crippen LogP contribution in [-0.4, -0.2) is 23.9 Å². The summed E-state index contributed by atoms with van der Waals surface area (Å²) in [6, 6.07) is 12.3. The van der Waals surface area contributed by atoms with Crippen LogP contribution in [-0.2, 0) is 19.3 Å². The van der Waals surface area contributed by atoms with Gasteiger partial charge in [0.05, 0.1) is 7.11 Å². The first-order chi connectivity index (χ1) is 10.6. The molecule has 2 aromatic carbocycles. The lowest BCUT2D eigenvalue weighted by molar-refractivity contribution is 0.288. The van der Waals surface area contributed by atoms with E-state index in [-0.39, 0.29) is 12.4 Å². The molecule has 0 saturated carbocycles. The van der Waals surface area contributed by atoms with Crippen molar-refractivity contribution in [3.05, 3.63) is 58.7 Å². The quantitative estimate of drug-likeness (QED) is 0.824. The Bertz CT molecular complexity index is 603. The van der Waals surface area contributed by atoms with Crippen molar-refractivity contribution in [3.8, 4) is 11.5 Å². The van der Waals surface area contributed by atoms with Crippen molar-refractivity contribution in [1.29, 1.82) is 0 Å². The topological polar surface area (TPSA) is 49.7 Å². The monoisotopic (exact) mass is 300 g/mol. The molecule has 0 heterocycles. The van der Waals surface area contributed by atoms with Crippen LogP contribution < -0.4 is 4.74 Å². The fourth-order valence-electron chi connectivity index (χ4n) is 2.54. The largest absolute Gasteiger partial charge is 0.504 e. The summed E-state index contributed by atoms with van der Waals surface area (Å²) in [6.45, 7) is 2.24. The highest BCUT2D eigenvalue weighted by atomic mass is 16.5. The summed E-state index contributed by atoms with van der Waals surface area (Å²) >= 11 is 0. The fourth-order valence-corrected chi connectivity index (χ4v) is 2.54. The van der Waals surface area contributed by atoms with E-state index in [1.807, 2.05) is 12.1 Å². The Kier molecular flexibility index (Phi) is 5.84. The molecule has 0 spiro atoms. The standard InChI is InChI=1S/C19H24O3/c1-14-5-7-15(8-6-14)9-10-17-12-16(4-3-11-20)13-18(22-2)19(17)21/h5-8,12-13,20-21H,3-4,9-11H2,1-2H3. The lowest BCUT2D eigenvalue weighted by Crippen LogP contribution is -1.98. The Hall–Kier alpha value is -2.00. The van der Waals surface area contributed by atoms with Crippen molar-refractivity contribution in [3.63, 3.8) is 0 Å². The third-order valence-electron chi connectivity index (χ3n) is 3.86. The number of rotatable bonds is 7. The summed E-state index contributed by atoms with van der Waals surface area (Å²) < 4.78 is 5.26. The van der Waals surface area contributed by atoms with Crippen molar-refractivity contribution >= 4 is 0 Å². The molecule has 22 heavy (non-hydrogen) atoms. The van der Waals surface area contributed by atoms with Crippen molar-refractivity contribution in [2.45, 2.75) is 32.6 Å². The number of aromatic hydroxyl groups is 1. The van der Waals surface area contributed by atoms with Crippen molar-refractivity contribution in [2.24, 2.45) is 0 Å². The second-order valence-electron chi connectivity index (χ2n) is 5.62. The van der Waals surface area contributed by atoms with Gasteiger partial charge in [0, 0.05) is 6.61 Å². The zero-order chi connectivity index (χ0) is 15.9. The molecule has 0 aromatic heterocycles. The molecule has 3 nitrogen and oxygen atoms in total. The Morgan fingerprint density at radius 3 is 2.32 bits per heavy atom. The first kappa shape index (κ1) is 16.4. The predicted molar refractivity (Wildman–Crippen MR) is 88.7 cm³/mol. The average Bonchev–Trinajstić information content (AvgIpc) is 2.54. The zero-order valence-electron chi connectivity index (χ0n) is 13.3. The van der Waals surface area contributed by atoms with Crippen LogP contribution in [0.2, 0.25) is 0 Å². The molecule has 0 bridgehead atoms. The van der Waals surface area contributed by atoms with E-state index in [1.54, 1.807) is 7.11 Å². The van der Waals surface area contributed by atoms with Gasteiger partial charge < -0.3 is 14.9 Å². The molecule has 0 aliphatic rings. The summed E-state index contributed by atoms with van der Waals surface area (Å²) in [4.78, 5) is 0. The molecule has 2 aromatic rings. The summed E-state index contributed by atoms with van der Waals surface area (Å²) in [6.07, 6.45) is 3.13. The highest BCUT2D eigenvalue weighted by Gasteiger charge is 2.11. The van der Waals surface area contributed by atoms with Crippen LogP contribution in [0.3, 0.4) is 0 Å². The second-order valence-corrected chi connectivity index (χ2v) is 5.62. The van der Waals surface area contributed by atoms with Gasteiger partial charge in [-0.05, 0) is 55.4 Å². The molecule has 0 radical (unpaired) electrons. The van der Waals surface area contributed by atoms with Crippen LogP contribution in [0.4, 0.5) is 0 Å². The zero-order valence-corrected chi connectivity index (χ0v) is 13.3. The molecule has 0 aliphatic heterocycles. The first-order valence-electron chi connectivity index (χ1n) is 7.69. The molecule has 2 N–H and O–H groups in total. The Morgan fingerprint density at radius 2 is 1.68 bits per heavy atom. The van der Waals surface area contributed by atoms with E-state index in [0.29, 0.717) is 12.2 Å². The third kappa shape index (κ3) is 4.25. The maximum absolute atomic E-state index is 10.3. The number of aliphatic hydroxyl groups is 1. The van der Waals surface area contributed by atoms with Crippen LogP contribution in [0.15, 0.2) is 36.4 Å². The van der Waals surface area contributed by atoms with Crippen molar-refractivity contribution in [1.82, 2.24) is 0 Å². The van der Waals surface area contributed by atoms with Crippen molar-refractivity contribution in [2.75, 3.05) is 13.7 Å². The van der Waals surface area contributed by atoms with Gasteiger partial charge in [0.25, 0.3) is 0 Å².